The molecule has 8 atom stereocenters. The van der Waals surface area contributed by atoms with Gasteiger partial charge in [0, 0.05) is 0 Å². The molecule has 0 bridgehead atoms. The summed E-state index contributed by atoms with van der Waals surface area (Å²) in [6.45, 7) is 3.23. The summed E-state index contributed by atoms with van der Waals surface area (Å²) >= 11 is 0. The maximum atomic E-state index is 13.0. The molecule has 0 aromatic carbocycles. The maximum Gasteiger partial charge on any atom is 0.397 e. The normalized spacial score (nSPS) is 22.5. The topological polar surface area (TPSA) is 212 Å². The minimum Gasteiger partial charge on any atom is -0.394 e. The number of carbonyl (C=O) groups is 1. The lowest BCUT2D eigenvalue weighted by atomic mass is 9.99. The van der Waals surface area contributed by atoms with Crippen LogP contribution in [0.15, 0.2) is 0 Å². The largest absolute Gasteiger partial charge is 0.397 e. The fourth-order valence-electron chi connectivity index (χ4n) is 6.88. The number of amides is 1. The van der Waals surface area contributed by atoms with E-state index in [1.165, 1.54) is 103 Å². The molecule has 1 fully saturated rings. The van der Waals surface area contributed by atoms with Crippen molar-refractivity contribution >= 4 is 16.3 Å². The van der Waals surface area contributed by atoms with Crippen LogP contribution in [0.1, 0.15) is 181 Å². The molecule has 1 amide bonds. The third kappa shape index (κ3) is 24.3. The molecule has 1 aliphatic heterocycles. The monoisotopic (exact) mass is 784 g/mol. The standard InChI is InChI=1S/C39H77NO12S/c1-3-5-7-9-11-13-14-15-16-17-18-20-22-24-26-28-33(43)38(46)40-31(32(42)27-25-23-21-19-12-10-8-6-4-2)30-50-39-36(45)37(52-53(47,48)49)35(44)34(29-41)51-39/h31-37,39,41-45H,3-30H2,1-2H3,(H,40,46)(H,47,48,49). The van der Waals surface area contributed by atoms with Crippen molar-refractivity contribution in [3.8, 4) is 0 Å². The van der Waals surface area contributed by atoms with Crippen molar-refractivity contribution in [2.24, 2.45) is 0 Å². The highest BCUT2D eigenvalue weighted by atomic mass is 32.3. The van der Waals surface area contributed by atoms with Gasteiger partial charge in [0.05, 0.1) is 25.4 Å². The first-order valence-corrected chi connectivity index (χ1v) is 22.4. The van der Waals surface area contributed by atoms with Gasteiger partial charge in [-0.25, -0.2) is 4.18 Å². The van der Waals surface area contributed by atoms with Gasteiger partial charge in [-0.2, -0.15) is 8.42 Å². The van der Waals surface area contributed by atoms with Crippen LogP contribution in [0, 0.1) is 0 Å². The van der Waals surface area contributed by atoms with E-state index in [0.717, 1.165) is 38.5 Å². The van der Waals surface area contributed by atoms with E-state index in [4.69, 9.17) is 14.0 Å². The molecular weight excluding hydrogens is 706 g/mol. The number of rotatable bonds is 35. The maximum absolute atomic E-state index is 13.0. The number of hydrogen-bond donors (Lipinski definition) is 7. The quantitative estimate of drug-likeness (QED) is 0.0291. The first-order chi connectivity index (χ1) is 25.4. The Morgan fingerprint density at radius 3 is 1.51 bits per heavy atom. The molecule has 8 unspecified atom stereocenters. The van der Waals surface area contributed by atoms with Crippen molar-refractivity contribution in [1.82, 2.24) is 5.32 Å². The molecule has 1 saturated heterocycles. The van der Waals surface area contributed by atoms with Crippen molar-refractivity contribution in [3.63, 3.8) is 0 Å². The number of carbonyl (C=O) groups excluding carboxylic acids is 1. The third-order valence-electron chi connectivity index (χ3n) is 10.3. The minimum absolute atomic E-state index is 0.265. The SMILES string of the molecule is CCCCCCCCCCCCCCCCCC(O)C(=O)NC(COC1OC(CO)C(O)C(OS(=O)(=O)O)C1O)C(O)CCCCCCCCCCC. The van der Waals surface area contributed by atoms with Gasteiger partial charge in [0.2, 0.25) is 5.91 Å². The fraction of sp³-hybridized carbons (Fsp3) is 0.974. The smallest absolute Gasteiger partial charge is 0.394 e. The van der Waals surface area contributed by atoms with Gasteiger partial charge in [-0.15, -0.1) is 0 Å². The van der Waals surface area contributed by atoms with E-state index in [2.05, 4.69) is 23.3 Å². The Morgan fingerprint density at radius 1 is 0.679 bits per heavy atom. The summed E-state index contributed by atoms with van der Waals surface area (Å²) in [6, 6.07) is -1.02. The van der Waals surface area contributed by atoms with Crippen LogP contribution in [0.2, 0.25) is 0 Å². The van der Waals surface area contributed by atoms with E-state index < -0.39 is 78.5 Å². The van der Waals surface area contributed by atoms with Crippen LogP contribution in [0.4, 0.5) is 0 Å². The summed E-state index contributed by atoms with van der Waals surface area (Å²) in [5, 5.41) is 55.0. The van der Waals surface area contributed by atoms with Gasteiger partial charge in [-0.05, 0) is 12.8 Å². The van der Waals surface area contributed by atoms with E-state index in [-0.39, 0.29) is 6.42 Å². The molecule has 0 aromatic rings. The average Bonchev–Trinajstić information content (AvgIpc) is 3.12. The second kappa shape index (κ2) is 31.2. The van der Waals surface area contributed by atoms with Gasteiger partial charge < -0.3 is 40.3 Å². The first kappa shape index (κ1) is 50.1. The van der Waals surface area contributed by atoms with Crippen LogP contribution in [0.3, 0.4) is 0 Å². The van der Waals surface area contributed by atoms with Crippen LogP contribution >= 0.6 is 0 Å². The molecule has 14 heteroatoms. The molecule has 13 nitrogen and oxygen atoms in total. The van der Waals surface area contributed by atoms with E-state index in [9.17, 15) is 38.7 Å². The fourth-order valence-corrected chi connectivity index (χ4v) is 7.39. The number of unbranched alkanes of at least 4 members (excludes halogenated alkanes) is 22. The van der Waals surface area contributed by atoms with Crippen molar-refractivity contribution in [1.29, 1.82) is 0 Å². The van der Waals surface area contributed by atoms with Gasteiger partial charge in [0.15, 0.2) is 6.29 Å². The van der Waals surface area contributed by atoms with Gasteiger partial charge >= 0.3 is 10.4 Å². The van der Waals surface area contributed by atoms with E-state index >= 15 is 0 Å². The predicted octanol–water partition coefficient (Wildman–Crippen LogP) is 6.02. The van der Waals surface area contributed by atoms with Crippen LogP contribution in [-0.2, 0) is 28.9 Å². The van der Waals surface area contributed by atoms with Crippen LogP contribution in [-0.4, -0.2) is 107 Å². The van der Waals surface area contributed by atoms with Crippen molar-refractivity contribution < 1.29 is 57.0 Å². The van der Waals surface area contributed by atoms with E-state index in [1.54, 1.807) is 0 Å². The van der Waals surface area contributed by atoms with E-state index in [0.29, 0.717) is 19.3 Å². The highest BCUT2D eigenvalue weighted by Crippen LogP contribution is 2.26. The molecule has 316 valence electrons. The van der Waals surface area contributed by atoms with Crippen LogP contribution in [0.5, 0.6) is 0 Å². The summed E-state index contributed by atoms with van der Waals surface area (Å²) in [5.41, 5.74) is 0. The molecule has 0 aliphatic carbocycles. The van der Waals surface area contributed by atoms with Gasteiger partial charge in [0.25, 0.3) is 0 Å². The molecule has 7 N–H and O–H groups in total. The lowest BCUT2D eigenvalue weighted by Gasteiger charge is -2.41. The summed E-state index contributed by atoms with van der Waals surface area (Å²) < 4.78 is 47.3. The molecular formula is C39H77NO12S. The number of aliphatic hydroxyl groups is 5. The zero-order chi connectivity index (χ0) is 39.3. The highest BCUT2D eigenvalue weighted by molar-refractivity contribution is 7.80. The molecule has 0 aromatic heterocycles. The second-order valence-corrected chi connectivity index (χ2v) is 16.1. The molecule has 1 rings (SSSR count). The van der Waals surface area contributed by atoms with Gasteiger partial charge in [-0.1, -0.05) is 168 Å². The summed E-state index contributed by atoms with van der Waals surface area (Å²) in [4.78, 5) is 13.0. The average molecular weight is 784 g/mol. The number of ether oxygens (including phenoxy) is 2. The Kier molecular flexibility index (Phi) is 29.5. The van der Waals surface area contributed by atoms with Crippen molar-refractivity contribution in [2.75, 3.05) is 13.2 Å². The van der Waals surface area contributed by atoms with Crippen LogP contribution in [0.25, 0.3) is 0 Å². The highest BCUT2D eigenvalue weighted by Gasteiger charge is 2.48. The Balaban J connectivity index is 2.58. The lowest BCUT2D eigenvalue weighted by Crippen LogP contribution is -2.61. The summed E-state index contributed by atoms with van der Waals surface area (Å²) in [7, 11) is -5.10. The number of hydrogen-bond acceptors (Lipinski definition) is 11. The Morgan fingerprint density at radius 2 is 1.09 bits per heavy atom. The number of aliphatic hydroxyl groups excluding tert-OH is 5. The minimum atomic E-state index is -5.10. The third-order valence-corrected chi connectivity index (χ3v) is 10.7. The predicted molar refractivity (Wildman–Crippen MR) is 205 cm³/mol. The van der Waals surface area contributed by atoms with Crippen molar-refractivity contribution in [3.05, 3.63) is 0 Å². The first-order valence-electron chi connectivity index (χ1n) is 21.0. The Hall–Kier alpha value is -0.940. The zero-order valence-corrected chi connectivity index (χ0v) is 33.8. The lowest BCUT2D eigenvalue weighted by molar-refractivity contribution is -0.298. The molecule has 0 radical (unpaired) electrons. The van der Waals surface area contributed by atoms with Crippen LogP contribution < -0.4 is 5.32 Å². The van der Waals surface area contributed by atoms with Gasteiger partial charge in [0.1, 0.15) is 30.5 Å². The Bertz CT molecular complexity index is 990. The summed E-state index contributed by atoms with van der Waals surface area (Å²) in [5.74, 6) is -0.670. The Labute approximate surface area is 320 Å². The van der Waals surface area contributed by atoms with Crippen molar-refractivity contribution in [2.45, 2.75) is 230 Å². The molecule has 0 spiro atoms. The number of nitrogens with one attached hydrogen (secondary N) is 1. The summed E-state index contributed by atoms with van der Waals surface area (Å²) in [6.07, 6.45) is 17.4. The molecule has 1 heterocycles. The van der Waals surface area contributed by atoms with E-state index in [1.807, 2.05) is 0 Å². The second-order valence-electron chi connectivity index (χ2n) is 15.1. The van der Waals surface area contributed by atoms with Gasteiger partial charge in [-0.3, -0.25) is 9.35 Å². The molecule has 0 saturated carbocycles. The zero-order valence-electron chi connectivity index (χ0n) is 33.0. The molecule has 53 heavy (non-hydrogen) atoms. The molecule has 1 aliphatic rings.